The van der Waals surface area contributed by atoms with Crippen molar-refractivity contribution in [1.82, 2.24) is 5.39 Å². The van der Waals surface area contributed by atoms with E-state index in [-0.39, 0.29) is 18.1 Å². The second-order valence-electron chi connectivity index (χ2n) is 3.35. The monoisotopic (exact) mass is 291 g/mol. The minimum atomic E-state index is -0.499. The first kappa shape index (κ1) is 15.7. The average molecular weight is 292 g/mol. The van der Waals surface area contributed by atoms with Gasteiger partial charge in [-0.1, -0.05) is 11.6 Å². The molecule has 0 bridgehead atoms. The summed E-state index contributed by atoms with van der Waals surface area (Å²) in [6.45, 7) is 0.437. The molecule has 1 aromatic rings. The number of carbonyl (C=O) groups is 1. The van der Waals surface area contributed by atoms with Crippen molar-refractivity contribution in [3.05, 3.63) is 29.8 Å². The maximum atomic E-state index is 11.3. The maximum absolute atomic E-state index is 11.3. The Hall–Kier alpha value is -1.38. The number of halogens is 1. The Morgan fingerprint density at radius 2 is 1.89 bits per heavy atom. The van der Waals surface area contributed by atoms with Crippen LogP contribution in [0.15, 0.2) is 24.3 Å². The van der Waals surface area contributed by atoms with Crippen LogP contribution in [0.4, 0.5) is 0 Å². The zero-order chi connectivity index (χ0) is 14.1. The molecule has 0 spiro atoms. The molecule has 0 saturated heterocycles. The van der Waals surface area contributed by atoms with E-state index < -0.39 is 5.97 Å². The standard InChI is InChI=1S/C11H14ClNO6/c12-8-18-11(14)9-2-4-10(5-3-9)17-6-1-7-19-13(15)16/h2-5,15-16H,1,6-8H2. The molecule has 0 aliphatic carbocycles. The van der Waals surface area contributed by atoms with Gasteiger partial charge >= 0.3 is 5.97 Å². The van der Waals surface area contributed by atoms with Gasteiger partial charge in [-0.05, 0) is 24.3 Å². The Morgan fingerprint density at radius 1 is 1.21 bits per heavy atom. The fraction of sp³-hybridized carbons (Fsp3) is 0.364. The van der Waals surface area contributed by atoms with Crippen molar-refractivity contribution >= 4 is 17.6 Å². The molecule has 7 nitrogen and oxygen atoms in total. The summed E-state index contributed by atoms with van der Waals surface area (Å²) >= 11 is 5.28. The van der Waals surface area contributed by atoms with Crippen LogP contribution in [0.25, 0.3) is 0 Å². The number of rotatable bonds is 8. The zero-order valence-electron chi connectivity index (χ0n) is 9.99. The topological polar surface area (TPSA) is 88.5 Å². The highest BCUT2D eigenvalue weighted by Gasteiger charge is 2.06. The summed E-state index contributed by atoms with van der Waals surface area (Å²) < 4.78 is 9.96. The summed E-state index contributed by atoms with van der Waals surface area (Å²) in [5.41, 5.74) is 0.382. The highest BCUT2D eigenvalue weighted by atomic mass is 35.5. The van der Waals surface area contributed by atoms with Gasteiger partial charge < -0.3 is 9.47 Å². The van der Waals surface area contributed by atoms with Crippen molar-refractivity contribution in [2.24, 2.45) is 0 Å². The molecule has 1 rings (SSSR count). The molecule has 106 valence electrons. The molecule has 0 aromatic heterocycles. The number of benzene rings is 1. The van der Waals surface area contributed by atoms with Crippen molar-refractivity contribution in [1.29, 1.82) is 0 Å². The molecule has 0 atom stereocenters. The van der Waals surface area contributed by atoms with E-state index in [4.69, 9.17) is 26.8 Å². The van der Waals surface area contributed by atoms with Crippen molar-refractivity contribution in [3.63, 3.8) is 0 Å². The van der Waals surface area contributed by atoms with Crippen LogP contribution in [0.2, 0.25) is 0 Å². The number of carbonyl (C=O) groups excluding carboxylic acids is 1. The van der Waals surface area contributed by atoms with Gasteiger partial charge in [0, 0.05) is 6.42 Å². The minimum absolute atomic E-state index is 0.104. The smallest absolute Gasteiger partial charge is 0.339 e. The van der Waals surface area contributed by atoms with Gasteiger partial charge in [0.25, 0.3) is 0 Å². The third-order valence-electron chi connectivity index (χ3n) is 2.04. The third kappa shape index (κ3) is 6.37. The predicted octanol–water partition coefficient (Wildman–Crippen LogP) is 1.82. The lowest BCUT2D eigenvalue weighted by atomic mass is 10.2. The number of nitrogens with zero attached hydrogens (tertiary/aromatic N) is 1. The molecule has 0 unspecified atom stereocenters. The van der Waals surface area contributed by atoms with E-state index in [0.717, 1.165) is 0 Å². The molecule has 0 aliphatic heterocycles. The first-order valence-corrected chi connectivity index (χ1v) is 5.93. The van der Waals surface area contributed by atoms with Gasteiger partial charge in [-0.15, -0.1) is 0 Å². The molecule has 0 amide bonds. The van der Waals surface area contributed by atoms with Crippen molar-refractivity contribution in [2.75, 3.05) is 19.3 Å². The molecule has 0 radical (unpaired) electrons. The molecule has 0 fully saturated rings. The molecule has 19 heavy (non-hydrogen) atoms. The van der Waals surface area contributed by atoms with Gasteiger partial charge in [-0.25, -0.2) is 4.79 Å². The second kappa shape index (κ2) is 8.68. The number of ether oxygens (including phenoxy) is 2. The molecule has 0 saturated carbocycles. The van der Waals surface area contributed by atoms with Crippen LogP contribution >= 0.6 is 11.6 Å². The summed E-state index contributed by atoms with van der Waals surface area (Å²) in [5, 5.41) is 16.2. The second-order valence-corrected chi connectivity index (χ2v) is 3.57. The molecule has 0 aliphatic rings. The van der Waals surface area contributed by atoms with Gasteiger partial charge in [0.05, 0.1) is 24.2 Å². The van der Waals surface area contributed by atoms with Crippen molar-refractivity contribution in [3.8, 4) is 5.75 Å². The molecule has 0 heterocycles. The zero-order valence-corrected chi connectivity index (χ0v) is 10.7. The van der Waals surface area contributed by atoms with Crippen molar-refractivity contribution in [2.45, 2.75) is 6.42 Å². The van der Waals surface area contributed by atoms with Gasteiger partial charge in [-0.2, -0.15) is 0 Å². The van der Waals surface area contributed by atoms with E-state index in [0.29, 0.717) is 24.3 Å². The van der Waals surface area contributed by atoms with Crippen LogP contribution in [0.5, 0.6) is 5.75 Å². The fourth-order valence-electron chi connectivity index (χ4n) is 1.22. The Bertz CT molecular complexity index is 383. The summed E-state index contributed by atoms with van der Waals surface area (Å²) in [6, 6.07) is 6.17. The van der Waals surface area contributed by atoms with E-state index in [9.17, 15) is 4.79 Å². The first-order chi connectivity index (χ1) is 9.13. The maximum Gasteiger partial charge on any atom is 0.339 e. The van der Waals surface area contributed by atoms with E-state index in [2.05, 4.69) is 9.57 Å². The molecule has 1 aromatic carbocycles. The Morgan fingerprint density at radius 3 is 2.47 bits per heavy atom. The van der Waals surface area contributed by atoms with E-state index in [1.54, 1.807) is 24.3 Å². The number of hydrogen-bond donors (Lipinski definition) is 2. The van der Waals surface area contributed by atoms with E-state index in [1.807, 2.05) is 0 Å². The van der Waals surface area contributed by atoms with E-state index in [1.165, 1.54) is 0 Å². The average Bonchev–Trinajstić information content (AvgIpc) is 2.39. The van der Waals surface area contributed by atoms with Gasteiger partial charge in [0.15, 0.2) is 6.07 Å². The molecular weight excluding hydrogens is 278 g/mol. The largest absolute Gasteiger partial charge is 0.494 e. The third-order valence-corrected chi connectivity index (χ3v) is 2.15. The van der Waals surface area contributed by atoms with E-state index >= 15 is 0 Å². The summed E-state index contributed by atoms with van der Waals surface area (Å²) in [6.07, 6.45) is 0.466. The fourth-order valence-corrected chi connectivity index (χ4v) is 1.31. The SMILES string of the molecule is O=C(OCCl)c1ccc(OCCCON(O)O)cc1. The van der Waals surface area contributed by atoms with Crippen molar-refractivity contribution < 1.29 is 29.5 Å². The van der Waals surface area contributed by atoms with Crippen LogP contribution in [0.3, 0.4) is 0 Å². The normalized spacial score (nSPS) is 10.5. The lowest BCUT2D eigenvalue weighted by Crippen LogP contribution is -2.16. The minimum Gasteiger partial charge on any atom is -0.494 e. The Balaban J connectivity index is 2.30. The predicted molar refractivity (Wildman–Crippen MR) is 64.1 cm³/mol. The Kier molecular flexibility index (Phi) is 7.16. The highest BCUT2D eigenvalue weighted by molar-refractivity contribution is 6.17. The highest BCUT2D eigenvalue weighted by Crippen LogP contribution is 2.13. The molecular formula is C11H14ClNO6. The van der Waals surface area contributed by atoms with Crippen LogP contribution < -0.4 is 4.74 Å². The number of hydrogen-bond acceptors (Lipinski definition) is 7. The lowest BCUT2D eigenvalue weighted by molar-refractivity contribution is -0.492. The quantitative estimate of drug-likeness (QED) is 0.327. The molecule has 8 heteroatoms. The summed E-state index contributed by atoms with van der Waals surface area (Å²) in [4.78, 5) is 15.7. The molecule has 2 N–H and O–H groups in total. The van der Waals surface area contributed by atoms with Crippen LogP contribution in [-0.2, 0) is 9.57 Å². The van der Waals surface area contributed by atoms with Crippen LogP contribution in [-0.4, -0.2) is 41.1 Å². The summed E-state index contributed by atoms with van der Waals surface area (Å²) in [7, 11) is 0. The number of alkyl halides is 1. The first-order valence-electron chi connectivity index (χ1n) is 5.40. The van der Waals surface area contributed by atoms with Gasteiger partial charge in [0.2, 0.25) is 0 Å². The van der Waals surface area contributed by atoms with Gasteiger partial charge in [-0.3, -0.25) is 15.3 Å². The lowest BCUT2D eigenvalue weighted by Gasteiger charge is -2.08. The van der Waals surface area contributed by atoms with Crippen LogP contribution in [0, 0.1) is 0 Å². The van der Waals surface area contributed by atoms with Crippen LogP contribution in [0.1, 0.15) is 16.8 Å². The summed E-state index contributed by atoms with van der Waals surface area (Å²) in [5.74, 6) is 0.0770. The van der Waals surface area contributed by atoms with Gasteiger partial charge in [0.1, 0.15) is 5.75 Å². The Labute approximate surface area is 114 Å². The number of esters is 1.